The van der Waals surface area contributed by atoms with Crippen LogP contribution in [0.2, 0.25) is 0 Å². The Morgan fingerprint density at radius 3 is 2.36 bits per heavy atom. The molecule has 0 rings (SSSR count). The Labute approximate surface area is 89.6 Å². The summed E-state index contributed by atoms with van der Waals surface area (Å²) in [7, 11) is 1.38. The van der Waals surface area contributed by atoms with Gasteiger partial charge in [0.15, 0.2) is 0 Å². The van der Waals surface area contributed by atoms with Crippen molar-refractivity contribution in [3.8, 4) is 0 Å². The Kier molecular flexibility index (Phi) is 5.48. The summed E-state index contributed by atoms with van der Waals surface area (Å²) in [6, 6.07) is 0. The fraction of sp³-hybridized carbons (Fsp3) is 0.875. The molecule has 0 saturated carbocycles. The first-order valence-electron chi connectivity index (χ1n) is 4.17. The summed E-state index contributed by atoms with van der Waals surface area (Å²) < 4.78 is 35.4. The first-order chi connectivity index (χ1) is 6.22. The number of carbonyl (C=O) groups is 1. The fourth-order valence-corrected chi connectivity index (χ4v) is 1.01. The van der Waals surface area contributed by atoms with Crippen LogP contribution in [0.1, 0.15) is 19.8 Å². The average Bonchev–Trinajstić information content (AvgIpc) is 1.96. The zero-order valence-corrected chi connectivity index (χ0v) is 9.65. The molecule has 0 aromatic carbocycles. The number of alkyl halides is 4. The molecule has 2 nitrogen and oxygen atoms in total. The van der Waals surface area contributed by atoms with Crippen molar-refractivity contribution in [3.63, 3.8) is 0 Å². The van der Waals surface area contributed by atoms with Crippen LogP contribution in [-0.2, 0) is 4.79 Å². The van der Waals surface area contributed by atoms with Crippen LogP contribution in [0.3, 0.4) is 0 Å². The molecule has 6 heteroatoms. The third-order valence-electron chi connectivity index (χ3n) is 1.64. The van der Waals surface area contributed by atoms with Gasteiger partial charge in [-0.25, -0.2) is 0 Å². The van der Waals surface area contributed by atoms with Crippen molar-refractivity contribution in [1.82, 2.24) is 4.90 Å². The minimum atomic E-state index is -4.41. The molecule has 1 amide bonds. The lowest BCUT2D eigenvalue weighted by molar-refractivity contribution is -0.160. The van der Waals surface area contributed by atoms with Crippen molar-refractivity contribution in [1.29, 1.82) is 0 Å². The lowest BCUT2D eigenvalue weighted by Gasteiger charge is -2.18. The second kappa shape index (κ2) is 5.58. The standard InChI is InChI=1S/C8H13BrF3NO/c1-6(9)3-4-13(2)7(14)5-8(10,11)12/h6H,3-5H2,1-2H3. The van der Waals surface area contributed by atoms with E-state index in [9.17, 15) is 18.0 Å². The smallest absolute Gasteiger partial charge is 0.345 e. The summed E-state index contributed by atoms with van der Waals surface area (Å²) in [5, 5.41) is 0. The van der Waals surface area contributed by atoms with E-state index in [4.69, 9.17) is 0 Å². The summed E-state index contributed by atoms with van der Waals surface area (Å²) in [5.41, 5.74) is 0. The summed E-state index contributed by atoms with van der Waals surface area (Å²) >= 11 is 3.25. The van der Waals surface area contributed by atoms with E-state index >= 15 is 0 Å². The van der Waals surface area contributed by atoms with E-state index in [-0.39, 0.29) is 4.83 Å². The van der Waals surface area contributed by atoms with E-state index in [0.29, 0.717) is 13.0 Å². The SMILES string of the molecule is CC(Br)CCN(C)C(=O)CC(F)(F)F. The Morgan fingerprint density at radius 2 is 2.00 bits per heavy atom. The van der Waals surface area contributed by atoms with Crippen molar-refractivity contribution in [3.05, 3.63) is 0 Å². The van der Waals surface area contributed by atoms with Gasteiger partial charge < -0.3 is 4.90 Å². The van der Waals surface area contributed by atoms with Crippen LogP contribution in [0, 0.1) is 0 Å². The third kappa shape index (κ3) is 7.17. The third-order valence-corrected chi connectivity index (χ3v) is 2.10. The Morgan fingerprint density at radius 1 is 1.50 bits per heavy atom. The number of hydrogen-bond donors (Lipinski definition) is 0. The number of nitrogens with zero attached hydrogens (tertiary/aromatic N) is 1. The minimum Gasteiger partial charge on any atom is -0.345 e. The molecule has 1 atom stereocenters. The van der Waals surface area contributed by atoms with Gasteiger partial charge in [0.2, 0.25) is 5.91 Å². The summed E-state index contributed by atoms with van der Waals surface area (Å²) in [4.78, 5) is 12.3. The average molecular weight is 276 g/mol. The predicted octanol–water partition coefficient (Wildman–Crippen LogP) is 2.57. The highest BCUT2D eigenvalue weighted by Gasteiger charge is 2.32. The molecular formula is C8H13BrF3NO. The van der Waals surface area contributed by atoms with Crippen LogP contribution in [0.15, 0.2) is 0 Å². The molecule has 0 spiro atoms. The largest absolute Gasteiger partial charge is 0.397 e. The lowest BCUT2D eigenvalue weighted by Crippen LogP contribution is -2.32. The van der Waals surface area contributed by atoms with Gasteiger partial charge in [0, 0.05) is 18.4 Å². The molecule has 0 saturated heterocycles. The lowest BCUT2D eigenvalue weighted by atomic mass is 10.3. The zero-order valence-electron chi connectivity index (χ0n) is 8.07. The van der Waals surface area contributed by atoms with E-state index in [1.54, 1.807) is 0 Å². The van der Waals surface area contributed by atoms with Gasteiger partial charge in [0.05, 0.1) is 0 Å². The van der Waals surface area contributed by atoms with Gasteiger partial charge >= 0.3 is 6.18 Å². The normalized spacial score (nSPS) is 13.9. The summed E-state index contributed by atoms with van der Waals surface area (Å²) in [6.07, 6.45) is -5.15. The maximum absolute atomic E-state index is 11.8. The molecule has 0 aromatic rings. The van der Waals surface area contributed by atoms with Crippen LogP contribution in [0.4, 0.5) is 13.2 Å². The van der Waals surface area contributed by atoms with E-state index in [2.05, 4.69) is 15.9 Å². The Bertz CT molecular complexity index is 194. The van der Waals surface area contributed by atoms with Gasteiger partial charge in [0.1, 0.15) is 6.42 Å². The molecule has 84 valence electrons. The predicted molar refractivity (Wildman–Crippen MR) is 51.3 cm³/mol. The van der Waals surface area contributed by atoms with E-state index in [1.165, 1.54) is 7.05 Å². The quantitative estimate of drug-likeness (QED) is 0.723. The van der Waals surface area contributed by atoms with Crippen molar-refractivity contribution in [2.24, 2.45) is 0 Å². The maximum Gasteiger partial charge on any atom is 0.397 e. The number of halogens is 4. The van der Waals surface area contributed by atoms with Crippen LogP contribution in [-0.4, -0.2) is 35.4 Å². The first kappa shape index (κ1) is 13.7. The molecule has 0 aliphatic carbocycles. The second-order valence-corrected chi connectivity index (χ2v) is 4.74. The molecule has 0 radical (unpaired) electrons. The molecule has 0 aromatic heterocycles. The molecule has 0 fully saturated rings. The topological polar surface area (TPSA) is 20.3 Å². The minimum absolute atomic E-state index is 0.198. The van der Waals surface area contributed by atoms with Crippen molar-refractivity contribution in [2.75, 3.05) is 13.6 Å². The molecule has 0 bridgehead atoms. The molecular weight excluding hydrogens is 263 g/mol. The fourth-order valence-electron chi connectivity index (χ4n) is 0.803. The van der Waals surface area contributed by atoms with Crippen molar-refractivity contribution in [2.45, 2.75) is 30.8 Å². The molecule has 0 aliphatic rings. The highest BCUT2D eigenvalue weighted by molar-refractivity contribution is 9.09. The second-order valence-electron chi connectivity index (χ2n) is 3.18. The van der Waals surface area contributed by atoms with Gasteiger partial charge in [-0.05, 0) is 6.42 Å². The number of carbonyl (C=O) groups excluding carboxylic acids is 1. The van der Waals surface area contributed by atoms with Gasteiger partial charge in [-0.2, -0.15) is 13.2 Å². The molecule has 1 unspecified atom stereocenters. The number of hydrogen-bond acceptors (Lipinski definition) is 1. The van der Waals surface area contributed by atoms with E-state index < -0.39 is 18.5 Å². The van der Waals surface area contributed by atoms with Crippen LogP contribution in [0.5, 0.6) is 0 Å². The molecule has 0 aliphatic heterocycles. The van der Waals surface area contributed by atoms with Gasteiger partial charge in [0.25, 0.3) is 0 Å². The summed E-state index contributed by atoms with van der Waals surface area (Å²) in [6.45, 7) is 2.21. The number of rotatable bonds is 4. The van der Waals surface area contributed by atoms with Crippen LogP contribution in [0.25, 0.3) is 0 Å². The zero-order chi connectivity index (χ0) is 11.4. The molecule has 14 heavy (non-hydrogen) atoms. The number of amides is 1. The highest BCUT2D eigenvalue weighted by Crippen LogP contribution is 2.20. The van der Waals surface area contributed by atoms with Gasteiger partial charge in [-0.3, -0.25) is 4.79 Å². The van der Waals surface area contributed by atoms with Crippen molar-refractivity contribution >= 4 is 21.8 Å². The molecule has 0 N–H and O–H groups in total. The Hall–Kier alpha value is -0.260. The van der Waals surface area contributed by atoms with Gasteiger partial charge in [-0.1, -0.05) is 22.9 Å². The van der Waals surface area contributed by atoms with E-state index in [0.717, 1.165) is 4.90 Å². The van der Waals surface area contributed by atoms with E-state index in [1.807, 2.05) is 6.92 Å². The van der Waals surface area contributed by atoms with Crippen LogP contribution < -0.4 is 0 Å². The summed E-state index contributed by atoms with van der Waals surface area (Å²) in [5.74, 6) is -0.884. The monoisotopic (exact) mass is 275 g/mol. The highest BCUT2D eigenvalue weighted by atomic mass is 79.9. The molecule has 0 heterocycles. The van der Waals surface area contributed by atoms with Crippen LogP contribution >= 0.6 is 15.9 Å². The van der Waals surface area contributed by atoms with Crippen molar-refractivity contribution < 1.29 is 18.0 Å². The first-order valence-corrected chi connectivity index (χ1v) is 5.08. The Balaban J connectivity index is 3.88. The maximum atomic E-state index is 11.8. The van der Waals surface area contributed by atoms with Gasteiger partial charge in [-0.15, -0.1) is 0 Å².